The summed E-state index contributed by atoms with van der Waals surface area (Å²) in [5, 5.41) is 10.7. The van der Waals surface area contributed by atoms with Crippen LogP contribution in [0.3, 0.4) is 0 Å². The molecule has 1 aliphatic heterocycles. The van der Waals surface area contributed by atoms with Crippen LogP contribution in [0, 0.1) is 6.92 Å². The van der Waals surface area contributed by atoms with Crippen molar-refractivity contribution in [3.63, 3.8) is 0 Å². The molecule has 2 aromatic rings. The number of nitrogens with one attached hydrogen (secondary N) is 2. The summed E-state index contributed by atoms with van der Waals surface area (Å²) < 4.78 is 1.66. The van der Waals surface area contributed by atoms with Crippen molar-refractivity contribution in [3.8, 4) is 0 Å². The molecule has 1 aliphatic rings. The van der Waals surface area contributed by atoms with E-state index in [2.05, 4.69) is 20.7 Å². The minimum atomic E-state index is -0.0596. The molecule has 1 saturated heterocycles. The number of rotatable bonds is 5. The van der Waals surface area contributed by atoms with Crippen LogP contribution in [0.5, 0.6) is 0 Å². The number of piperidine rings is 1. The quantitative estimate of drug-likeness (QED) is 0.779. The standard InChI is InChI=1S/C17H23N5OS.ClH/c1-12-5-3-4-6-14(12)24-11-15(23)19-17-20-16(21-22(17)2)13-7-9-18-10-8-13;/h3-6,13,18H,7-11H2,1-2H3,(H,19,20,21,23);1H. The number of halogens is 1. The lowest BCUT2D eigenvalue weighted by Gasteiger charge is -2.19. The molecule has 0 atom stereocenters. The van der Waals surface area contributed by atoms with Crippen LogP contribution in [0.1, 0.15) is 30.1 Å². The van der Waals surface area contributed by atoms with Crippen molar-refractivity contribution < 1.29 is 4.79 Å². The third-order valence-electron chi connectivity index (χ3n) is 4.19. The zero-order valence-corrected chi connectivity index (χ0v) is 16.1. The van der Waals surface area contributed by atoms with Gasteiger partial charge in [0.05, 0.1) is 5.75 Å². The van der Waals surface area contributed by atoms with Gasteiger partial charge in [0, 0.05) is 17.9 Å². The minimum Gasteiger partial charge on any atom is -0.317 e. The lowest BCUT2D eigenvalue weighted by Crippen LogP contribution is -2.27. The summed E-state index contributed by atoms with van der Waals surface area (Å²) in [7, 11) is 1.82. The molecule has 1 amide bonds. The second kappa shape index (κ2) is 9.22. The van der Waals surface area contributed by atoms with Crippen molar-refractivity contribution in [2.45, 2.75) is 30.6 Å². The molecule has 0 bridgehead atoms. The number of carbonyl (C=O) groups is 1. The highest BCUT2D eigenvalue weighted by Crippen LogP contribution is 2.24. The normalized spacial score (nSPS) is 14.8. The van der Waals surface area contributed by atoms with E-state index in [4.69, 9.17) is 0 Å². The van der Waals surface area contributed by atoms with Gasteiger partial charge in [0.15, 0.2) is 5.82 Å². The van der Waals surface area contributed by atoms with Crippen molar-refractivity contribution in [2.75, 3.05) is 24.2 Å². The Morgan fingerprint density at radius 2 is 2.08 bits per heavy atom. The Hall–Kier alpha value is -1.57. The lowest BCUT2D eigenvalue weighted by molar-refractivity contribution is -0.113. The van der Waals surface area contributed by atoms with E-state index in [9.17, 15) is 4.79 Å². The average molecular weight is 382 g/mol. The molecule has 6 nitrogen and oxygen atoms in total. The van der Waals surface area contributed by atoms with Crippen LogP contribution in [0.2, 0.25) is 0 Å². The van der Waals surface area contributed by atoms with Crippen LogP contribution >= 0.6 is 24.2 Å². The molecule has 25 heavy (non-hydrogen) atoms. The van der Waals surface area contributed by atoms with Gasteiger partial charge in [0.2, 0.25) is 11.9 Å². The molecule has 0 unspecified atom stereocenters. The zero-order chi connectivity index (χ0) is 16.9. The molecular formula is C17H24ClN5OS. The van der Waals surface area contributed by atoms with E-state index in [1.165, 1.54) is 17.3 Å². The van der Waals surface area contributed by atoms with Gasteiger partial charge in [-0.05, 0) is 44.5 Å². The maximum atomic E-state index is 12.2. The largest absolute Gasteiger partial charge is 0.317 e. The number of carbonyl (C=O) groups excluding carboxylic acids is 1. The second-order valence-corrected chi connectivity index (χ2v) is 7.06. The first kappa shape index (κ1) is 19.8. The molecule has 1 aromatic heterocycles. The Kier molecular flexibility index (Phi) is 7.28. The lowest BCUT2D eigenvalue weighted by atomic mass is 9.98. The number of hydrogen-bond donors (Lipinski definition) is 2. The number of benzene rings is 1. The molecule has 2 N–H and O–H groups in total. The zero-order valence-electron chi connectivity index (χ0n) is 14.5. The van der Waals surface area contributed by atoms with Crippen LogP contribution in [0.4, 0.5) is 5.95 Å². The first-order valence-electron chi connectivity index (χ1n) is 8.23. The minimum absolute atomic E-state index is 0. The van der Waals surface area contributed by atoms with E-state index in [-0.39, 0.29) is 18.3 Å². The monoisotopic (exact) mass is 381 g/mol. The highest BCUT2D eigenvalue weighted by Gasteiger charge is 2.21. The number of anilines is 1. The molecule has 1 aromatic carbocycles. The van der Waals surface area contributed by atoms with Gasteiger partial charge < -0.3 is 5.32 Å². The average Bonchev–Trinajstić information content (AvgIpc) is 2.96. The summed E-state index contributed by atoms with van der Waals surface area (Å²) in [5.41, 5.74) is 1.18. The molecule has 3 rings (SSSR count). The highest BCUT2D eigenvalue weighted by molar-refractivity contribution is 8.00. The van der Waals surface area contributed by atoms with Crippen molar-refractivity contribution in [1.29, 1.82) is 0 Å². The van der Waals surface area contributed by atoms with Gasteiger partial charge in [0.1, 0.15) is 0 Å². The Bertz CT molecular complexity index is 715. The smallest absolute Gasteiger partial charge is 0.237 e. The topological polar surface area (TPSA) is 71.8 Å². The predicted octanol–water partition coefficient (Wildman–Crippen LogP) is 2.74. The van der Waals surface area contributed by atoms with Gasteiger partial charge in [0.25, 0.3) is 0 Å². The van der Waals surface area contributed by atoms with Crippen molar-refractivity contribution in [1.82, 2.24) is 20.1 Å². The summed E-state index contributed by atoms with van der Waals surface area (Å²) in [6.07, 6.45) is 2.08. The number of hydrogen-bond acceptors (Lipinski definition) is 5. The highest BCUT2D eigenvalue weighted by atomic mass is 35.5. The Morgan fingerprint density at radius 3 is 2.80 bits per heavy atom. The van der Waals surface area contributed by atoms with Gasteiger partial charge in [-0.3, -0.25) is 10.1 Å². The number of amides is 1. The van der Waals surface area contributed by atoms with Gasteiger partial charge in [-0.1, -0.05) is 18.2 Å². The van der Waals surface area contributed by atoms with E-state index < -0.39 is 0 Å². The first-order chi connectivity index (χ1) is 11.6. The molecule has 0 radical (unpaired) electrons. The SMILES string of the molecule is Cc1ccccc1SCC(=O)Nc1nc(C2CCNCC2)nn1C.Cl. The van der Waals surface area contributed by atoms with Crippen LogP contribution in [0.25, 0.3) is 0 Å². The fraction of sp³-hybridized carbons (Fsp3) is 0.471. The van der Waals surface area contributed by atoms with Crippen molar-refractivity contribution in [2.24, 2.45) is 7.05 Å². The van der Waals surface area contributed by atoms with E-state index in [0.717, 1.165) is 36.7 Å². The number of aryl methyl sites for hydroxylation is 2. The van der Waals surface area contributed by atoms with Gasteiger partial charge >= 0.3 is 0 Å². The molecule has 8 heteroatoms. The molecule has 0 saturated carbocycles. The van der Waals surface area contributed by atoms with Crippen LogP contribution in [-0.4, -0.2) is 39.5 Å². The van der Waals surface area contributed by atoms with Crippen LogP contribution in [-0.2, 0) is 11.8 Å². The number of aromatic nitrogens is 3. The maximum absolute atomic E-state index is 12.2. The third-order valence-corrected chi connectivity index (χ3v) is 5.36. The fourth-order valence-electron chi connectivity index (χ4n) is 2.79. The Balaban J connectivity index is 0.00000225. The van der Waals surface area contributed by atoms with Crippen LogP contribution in [0.15, 0.2) is 29.2 Å². The summed E-state index contributed by atoms with van der Waals surface area (Å²) in [6.45, 7) is 4.05. The fourth-order valence-corrected chi connectivity index (χ4v) is 3.62. The van der Waals surface area contributed by atoms with E-state index in [1.807, 2.05) is 38.2 Å². The third kappa shape index (κ3) is 5.20. The first-order valence-corrected chi connectivity index (χ1v) is 9.22. The van der Waals surface area contributed by atoms with E-state index in [0.29, 0.717) is 17.6 Å². The van der Waals surface area contributed by atoms with Gasteiger partial charge in [-0.2, -0.15) is 10.1 Å². The van der Waals surface area contributed by atoms with E-state index >= 15 is 0 Å². The molecule has 1 fully saturated rings. The van der Waals surface area contributed by atoms with Crippen LogP contribution < -0.4 is 10.6 Å². The molecule has 136 valence electrons. The van der Waals surface area contributed by atoms with Crippen molar-refractivity contribution >= 4 is 36.0 Å². The number of nitrogens with zero attached hydrogens (tertiary/aromatic N) is 3. The van der Waals surface area contributed by atoms with E-state index in [1.54, 1.807) is 4.68 Å². The Labute approximate surface area is 158 Å². The summed E-state index contributed by atoms with van der Waals surface area (Å²) >= 11 is 1.54. The maximum Gasteiger partial charge on any atom is 0.237 e. The summed E-state index contributed by atoms with van der Waals surface area (Å²) in [6, 6.07) is 8.07. The second-order valence-electron chi connectivity index (χ2n) is 6.04. The summed E-state index contributed by atoms with van der Waals surface area (Å²) in [5.74, 6) is 2.04. The molecule has 0 spiro atoms. The molecule has 0 aliphatic carbocycles. The molecular weight excluding hydrogens is 358 g/mol. The Morgan fingerprint density at radius 1 is 1.36 bits per heavy atom. The van der Waals surface area contributed by atoms with Gasteiger partial charge in [-0.15, -0.1) is 24.2 Å². The predicted molar refractivity (Wildman–Crippen MR) is 104 cm³/mol. The number of thioether (sulfide) groups is 1. The van der Waals surface area contributed by atoms with Gasteiger partial charge in [-0.25, -0.2) is 4.68 Å². The molecule has 2 heterocycles. The van der Waals surface area contributed by atoms with Crippen molar-refractivity contribution in [3.05, 3.63) is 35.7 Å². The summed E-state index contributed by atoms with van der Waals surface area (Å²) in [4.78, 5) is 17.9.